The standard InChI is InChI=1S/C27H30O3S/c1-21-26(29-18-23-13-7-3-8-14-23)27(30-19-24-15-9-4-10-16-24)25(20-31-21)28-17-22-11-5-2-6-12-22/h2-16,21,25-27H,17-20H2,1H3/t21-,25-,26-,27-/m1/s1. The van der Waals surface area contributed by atoms with E-state index in [0.717, 1.165) is 11.3 Å². The summed E-state index contributed by atoms with van der Waals surface area (Å²) in [7, 11) is 0. The van der Waals surface area contributed by atoms with E-state index in [-0.39, 0.29) is 18.3 Å². The Hall–Kier alpha value is -2.11. The Morgan fingerprint density at radius 3 is 1.52 bits per heavy atom. The summed E-state index contributed by atoms with van der Waals surface area (Å²) in [6.45, 7) is 3.94. The van der Waals surface area contributed by atoms with Crippen molar-refractivity contribution < 1.29 is 14.2 Å². The Kier molecular flexibility index (Phi) is 8.19. The van der Waals surface area contributed by atoms with Crippen molar-refractivity contribution in [3.05, 3.63) is 108 Å². The van der Waals surface area contributed by atoms with Crippen LogP contribution in [0.4, 0.5) is 0 Å². The molecule has 0 bridgehead atoms. The van der Waals surface area contributed by atoms with Gasteiger partial charge in [-0.1, -0.05) is 97.9 Å². The molecule has 0 aromatic heterocycles. The molecule has 1 aliphatic rings. The highest BCUT2D eigenvalue weighted by Crippen LogP contribution is 2.33. The van der Waals surface area contributed by atoms with Gasteiger partial charge in [-0.15, -0.1) is 0 Å². The highest BCUT2D eigenvalue weighted by molar-refractivity contribution is 8.00. The second kappa shape index (κ2) is 11.5. The van der Waals surface area contributed by atoms with E-state index in [4.69, 9.17) is 14.2 Å². The molecule has 0 unspecified atom stereocenters. The molecule has 4 heteroatoms. The molecule has 0 radical (unpaired) electrons. The minimum Gasteiger partial charge on any atom is -0.370 e. The molecule has 3 aromatic rings. The molecular weight excluding hydrogens is 404 g/mol. The Morgan fingerprint density at radius 2 is 1.03 bits per heavy atom. The zero-order chi connectivity index (χ0) is 21.3. The third-order valence-electron chi connectivity index (χ3n) is 5.55. The van der Waals surface area contributed by atoms with E-state index in [1.165, 1.54) is 11.1 Å². The van der Waals surface area contributed by atoms with Crippen LogP contribution in [0.3, 0.4) is 0 Å². The zero-order valence-corrected chi connectivity index (χ0v) is 18.7. The molecule has 4 atom stereocenters. The Bertz CT molecular complexity index is 888. The first-order chi connectivity index (χ1) is 15.3. The molecule has 31 heavy (non-hydrogen) atoms. The van der Waals surface area contributed by atoms with Crippen molar-refractivity contribution in [2.24, 2.45) is 0 Å². The lowest BCUT2D eigenvalue weighted by Gasteiger charge is -2.41. The monoisotopic (exact) mass is 434 g/mol. The minimum absolute atomic E-state index is 0.0223. The summed E-state index contributed by atoms with van der Waals surface area (Å²) in [6, 6.07) is 31.0. The van der Waals surface area contributed by atoms with Gasteiger partial charge in [-0.2, -0.15) is 11.8 Å². The lowest BCUT2D eigenvalue weighted by Crippen LogP contribution is -2.51. The first-order valence-corrected chi connectivity index (χ1v) is 11.9. The van der Waals surface area contributed by atoms with Crippen LogP contribution in [-0.4, -0.2) is 29.3 Å². The maximum Gasteiger partial charge on any atom is 0.112 e. The van der Waals surface area contributed by atoms with Crippen molar-refractivity contribution in [2.45, 2.75) is 50.3 Å². The highest BCUT2D eigenvalue weighted by atomic mass is 32.2. The summed E-state index contributed by atoms with van der Waals surface area (Å²) >= 11 is 1.90. The van der Waals surface area contributed by atoms with Gasteiger partial charge in [0, 0.05) is 11.0 Å². The SMILES string of the molecule is C[C@H]1SC[C@@H](OCc2ccccc2)[C@@H](OCc2ccccc2)[C@@H]1OCc1ccccc1. The molecule has 0 saturated carbocycles. The normalized spacial score (nSPS) is 23.5. The average Bonchev–Trinajstić information content (AvgIpc) is 2.83. The van der Waals surface area contributed by atoms with Gasteiger partial charge >= 0.3 is 0 Å². The van der Waals surface area contributed by atoms with E-state index >= 15 is 0 Å². The Balaban J connectivity index is 1.46. The van der Waals surface area contributed by atoms with E-state index in [1.807, 2.05) is 66.4 Å². The molecular formula is C27H30O3S. The maximum atomic E-state index is 6.48. The van der Waals surface area contributed by atoms with Gasteiger partial charge in [0.2, 0.25) is 0 Å². The Labute approximate surface area is 189 Å². The lowest BCUT2D eigenvalue weighted by atomic mass is 10.0. The molecule has 0 N–H and O–H groups in total. The van der Waals surface area contributed by atoms with Crippen LogP contribution in [0.25, 0.3) is 0 Å². The van der Waals surface area contributed by atoms with E-state index in [0.29, 0.717) is 25.1 Å². The quantitative estimate of drug-likeness (QED) is 0.420. The molecule has 3 aromatic carbocycles. The van der Waals surface area contributed by atoms with E-state index in [9.17, 15) is 0 Å². The van der Waals surface area contributed by atoms with Gasteiger partial charge in [0.15, 0.2) is 0 Å². The van der Waals surface area contributed by atoms with Gasteiger partial charge in [-0.3, -0.25) is 0 Å². The molecule has 1 heterocycles. The van der Waals surface area contributed by atoms with Gasteiger partial charge in [0.1, 0.15) is 6.10 Å². The van der Waals surface area contributed by atoms with Gasteiger partial charge in [-0.05, 0) is 16.7 Å². The maximum absolute atomic E-state index is 6.48. The number of hydrogen-bond acceptors (Lipinski definition) is 4. The topological polar surface area (TPSA) is 27.7 Å². The van der Waals surface area contributed by atoms with Gasteiger partial charge < -0.3 is 14.2 Å². The van der Waals surface area contributed by atoms with Crippen molar-refractivity contribution in [1.82, 2.24) is 0 Å². The van der Waals surface area contributed by atoms with Crippen molar-refractivity contribution in [1.29, 1.82) is 0 Å². The first kappa shape index (κ1) is 22.1. The van der Waals surface area contributed by atoms with Crippen molar-refractivity contribution in [2.75, 3.05) is 5.75 Å². The van der Waals surface area contributed by atoms with Gasteiger partial charge in [-0.25, -0.2) is 0 Å². The number of rotatable bonds is 9. The largest absolute Gasteiger partial charge is 0.370 e. The highest BCUT2D eigenvalue weighted by Gasteiger charge is 2.40. The molecule has 1 aliphatic heterocycles. The fourth-order valence-electron chi connectivity index (χ4n) is 3.80. The third-order valence-corrected chi connectivity index (χ3v) is 6.87. The predicted octanol–water partition coefficient (Wildman–Crippen LogP) is 5.88. The number of thioether (sulfide) groups is 1. The van der Waals surface area contributed by atoms with Crippen LogP contribution in [0.2, 0.25) is 0 Å². The summed E-state index contributed by atoms with van der Waals surface area (Å²) in [5.41, 5.74) is 3.51. The molecule has 0 aliphatic carbocycles. The second-order valence-electron chi connectivity index (χ2n) is 7.90. The summed E-state index contributed by atoms with van der Waals surface area (Å²) < 4.78 is 19.3. The first-order valence-electron chi connectivity index (χ1n) is 10.9. The Morgan fingerprint density at radius 1 is 0.613 bits per heavy atom. The van der Waals surface area contributed by atoms with Crippen LogP contribution in [0.15, 0.2) is 91.0 Å². The number of ether oxygens (including phenoxy) is 3. The van der Waals surface area contributed by atoms with Crippen LogP contribution in [-0.2, 0) is 34.0 Å². The van der Waals surface area contributed by atoms with E-state index in [1.54, 1.807) is 0 Å². The molecule has 162 valence electrons. The van der Waals surface area contributed by atoms with Crippen molar-refractivity contribution in [3.63, 3.8) is 0 Å². The number of hydrogen-bond donors (Lipinski definition) is 0. The molecule has 0 amide bonds. The fraction of sp³-hybridized carbons (Fsp3) is 0.333. The molecule has 3 nitrogen and oxygen atoms in total. The summed E-state index contributed by atoms with van der Waals surface area (Å²) in [4.78, 5) is 0. The predicted molar refractivity (Wildman–Crippen MR) is 127 cm³/mol. The van der Waals surface area contributed by atoms with Crippen LogP contribution in [0.5, 0.6) is 0 Å². The molecule has 4 rings (SSSR count). The minimum atomic E-state index is -0.121. The van der Waals surface area contributed by atoms with Crippen LogP contribution in [0, 0.1) is 0 Å². The summed E-state index contributed by atoms with van der Waals surface area (Å²) in [5, 5.41) is 0.334. The molecule has 1 fully saturated rings. The lowest BCUT2D eigenvalue weighted by molar-refractivity contribution is -0.147. The van der Waals surface area contributed by atoms with E-state index in [2.05, 4.69) is 43.3 Å². The smallest absolute Gasteiger partial charge is 0.112 e. The molecule has 0 spiro atoms. The van der Waals surface area contributed by atoms with E-state index < -0.39 is 0 Å². The van der Waals surface area contributed by atoms with Crippen molar-refractivity contribution >= 4 is 11.8 Å². The van der Waals surface area contributed by atoms with Gasteiger partial charge in [0.05, 0.1) is 32.0 Å². The van der Waals surface area contributed by atoms with Crippen LogP contribution < -0.4 is 0 Å². The second-order valence-corrected chi connectivity index (χ2v) is 9.31. The van der Waals surface area contributed by atoms with Crippen LogP contribution in [0.1, 0.15) is 23.6 Å². The number of benzene rings is 3. The molecule has 1 saturated heterocycles. The van der Waals surface area contributed by atoms with Gasteiger partial charge in [0.25, 0.3) is 0 Å². The zero-order valence-electron chi connectivity index (χ0n) is 17.9. The fourth-order valence-corrected chi connectivity index (χ4v) is 5.00. The van der Waals surface area contributed by atoms with Crippen LogP contribution >= 0.6 is 11.8 Å². The summed E-state index contributed by atoms with van der Waals surface area (Å²) in [5.74, 6) is 0.901. The third kappa shape index (κ3) is 6.44. The summed E-state index contributed by atoms with van der Waals surface area (Å²) in [6.07, 6.45) is -0.182. The average molecular weight is 435 g/mol. The van der Waals surface area contributed by atoms with Crippen molar-refractivity contribution in [3.8, 4) is 0 Å².